The third-order valence-electron chi connectivity index (χ3n) is 3.24. The largest absolute Gasteiger partial charge is 0.497 e. The predicted molar refractivity (Wildman–Crippen MR) is 86.3 cm³/mol. The Morgan fingerprint density at radius 3 is 2.41 bits per heavy atom. The Morgan fingerprint density at radius 1 is 1.00 bits per heavy atom. The van der Waals surface area contributed by atoms with Crippen molar-refractivity contribution in [2.75, 3.05) is 20.3 Å². The Kier molecular flexibility index (Phi) is 6.30. The van der Waals surface area contributed by atoms with Crippen LogP contribution in [0.5, 0.6) is 11.5 Å². The summed E-state index contributed by atoms with van der Waals surface area (Å²) in [6.07, 6.45) is 1.81. The minimum absolute atomic E-state index is 0.0482. The Balaban J connectivity index is 1.60. The van der Waals surface area contributed by atoms with E-state index < -0.39 is 0 Å². The molecule has 0 radical (unpaired) electrons. The maximum Gasteiger partial charge on any atom is 0.257 e. The Hall–Kier alpha value is -2.49. The van der Waals surface area contributed by atoms with E-state index in [1.54, 1.807) is 7.11 Å². The monoisotopic (exact) mass is 299 g/mol. The van der Waals surface area contributed by atoms with Crippen LogP contribution in [0.15, 0.2) is 54.6 Å². The third kappa shape index (κ3) is 5.48. The molecule has 22 heavy (non-hydrogen) atoms. The number of carbonyl (C=O) groups is 1. The highest BCUT2D eigenvalue weighted by molar-refractivity contribution is 5.77. The van der Waals surface area contributed by atoms with Crippen LogP contribution in [-0.2, 0) is 11.2 Å². The van der Waals surface area contributed by atoms with Crippen molar-refractivity contribution in [1.82, 2.24) is 5.32 Å². The molecule has 0 bridgehead atoms. The zero-order valence-corrected chi connectivity index (χ0v) is 12.7. The summed E-state index contributed by atoms with van der Waals surface area (Å²) in [5.41, 5.74) is 1.23. The van der Waals surface area contributed by atoms with Crippen molar-refractivity contribution in [2.24, 2.45) is 0 Å². The molecule has 0 aromatic heterocycles. The number of amides is 1. The van der Waals surface area contributed by atoms with Gasteiger partial charge in [0.15, 0.2) is 6.61 Å². The Labute approximate surface area is 131 Å². The number of rotatable bonds is 8. The van der Waals surface area contributed by atoms with Gasteiger partial charge < -0.3 is 14.8 Å². The van der Waals surface area contributed by atoms with E-state index in [4.69, 9.17) is 9.47 Å². The van der Waals surface area contributed by atoms with E-state index in [-0.39, 0.29) is 12.5 Å². The van der Waals surface area contributed by atoms with Crippen LogP contribution in [0.1, 0.15) is 12.0 Å². The molecular weight excluding hydrogens is 278 g/mol. The molecule has 0 spiro atoms. The fourth-order valence-electron chi connectivity index (χ4n) is 2.03. The predicted octanol–water partition coefficient (Wildman–Crippen LogP) is 2.82. The highest BCUT2D eigenvalue weighted by atomic mass is 16.5. The molecule has 0 unspecified atom stereocenters. The zero-order chi connectivity index (χ0) is 15.6. The molecule has 1 amide bonds. The normalized spacial score (nSPS) is 10.0. The molecule has 0 atom stereocenters. The van der Waals surface area contributed by atoms with Gasteiger partial charge in [-0.25, -0.2) is 0 Å². The summed E-state index contributed by atoms with van der Waals surface area (Å²) in [7, 11) is 1.65. The molecule has 0 heterocycles. The molecule has 4 nitrogen and oxygen atoms in total. The van der Waals surface area contributed by atoms with E-state index in [2.05, 4.69) is 5.32 Å². The molecule has 0 saturated heterocycles. The van der Waals surface area contributed by atoms with Gasteiger partial charge in [0.1, 0.15) is 11.5 Å². The number of para-hydroxylation sites is 1. The summed E-state index contributed by atoms with van der Waals surface area (Å²) < 4.78 is 10.5. The van der Waals surface area contributed by atoms with Crippen LogP contribution in [0, 0.1) is 0 Å². The van der Waals surface area contributed by atoms with E-state index >= 15 is 0 Å². The first kappa shape index (κ1) is 15.9. The lowest BCUT2D eigenvalue weighted by Crippen LogP contribution is -2.29. The molecule has 1 N–H and O–H groups in total. The lowest BCUT2D eigenvalue weighted by Gasteiger charge is -2.07. The van der Waals surface area contributed by atoms with Crippen LogP contribution in [0.3, 0.4) is 0 Å². The maximum atomic E-state index is 11.7. The summed E-state index contributed by atoms with van der Waals surface area (Å²) in [4.78, 5) is 11.7. The summed E-state index contributed by atoms with van der Waals surface area (Å²) in [5, 5.41) is 2.86. The fraction of sp³-hybridized carbons (Fsp3) is 0.278. The van der Waals surface area contributed by atoms with Crippen molar-refractivity contribution in [3.8, 4) is 11.5 Å². The van der Waals surface area contributed by atoms with Gasteiger partial charge in [-0.1, -0.05) is 30.3 Å². The van der Waals surface area contributed by atoms with Gasteiger partial charge in [0.2, 0.25) is 0 Å². The van der Waals surface area contributed by atoms with E-state index in [9.17, 15) is 4.79 Å². The number of benzene rings is 2. The Bertz CT molecular complexity index is 567. The second kappa shape index (κ2) is 8.72. The first-order valence-electron chi connectivity index (χ1n) is 7.35. The van der Waals surface area contributed by atoms with Gasteiger partial charge >= 0.3 is 0 Å². The molecule has 0 aliphatic heterocycles. The number of hydrogen-bond donors (Lipinski definition) is 1. The smallest absolute Gasteiger partial charge is 0.257 e. The second-order valence-electron chi connectivity index (χ2n) is 4.90. The van der Waals surface area contributed by atoms with Gasteiger partial charge in [0.05, 0.1) is 7.11 Å². The quantitative estimate of drug-likeness (QED) is 0.763. The number of aryl methyl sites for hydroxylation is 1. The van der Waals surface area contributed by atoms with Crippen LogP contribution in [-0.4, -0.2) is 26.2 Å². The first-order valence-corrected chi connectivity index (χ1v) is 7.35. The SMILES string of the molecule is COc1ccc(CCCNC(=O)COc2ccccc2)cc1. The lowest BCUT2D eigenvalue weighted by molar-refractivity contribution is -0.123. The van der Waals surface area contributed by atoms with Crippen LogP contribution >= 0.6 is 0 Å². The van der Waals surface area contributed by atoms with Crippen LogP contribution in [0.25, 0.3) is 0 Å². The van der Waals surface area contributed by atoms with Gasteiger partial charge in [-0.15, -0.1) is 0 Å². The van der Waals surface area contributed by atoms with Crippen molar-refractivity contribution >= 4 is 5.91 Å². The number of carbonyl (C=O) groups excluding carboxylic acids is 1. The minimum Gasteiger partial charge on any atom is -0.497 e. The number of ether oxygens (including phenoxy) is 2. The average Bonchev–Trinajstić information content (AvgIpc) is 2.58. The van der Waals surface area contributed by atoms with Gasteiger partial charge in [-0.05, 0) is 42.7 Å². The number of methoxy groups -OCH3 is 1. The fourth-order valence-corrected chi connectivity index (χ4v) is 2.03. The first-order chi connectivity index (χ1) is 10.8. The molecule has 4 heteroatoms. The molecule has 2 aromatic carbocycles. The molecule has 2 rings (SSSR count). The topological polar surface area (TPSA) is 47.6 Å². The van der Waals surface area contributed by atoms with Gasteiger partial charge in [0, 0.05) is 6.54 Å². The van der Waals surface area contributed by atoms with Crippen LogP contribution in [0.2, 0.25) is 0 Å². The van der Waals surface area contributed by atoms with Crippen molar-refractivity contribution in [1.29, 1.82) is 0 Å². The molecule has 2 aromatic rings. The summed E-state index contributed by atoms with van der Waals surface area (Å²) in [6.45, 7) is 0.690. The van der Waals surface area contributed by atoms with E-state index in [0.717, 1.165) is 18.6 Å². The average molecular weight is 299 g/mol. The zero-order valence-electron chi connectivity index (χ0n) is 12.7. The van der Waals surface area contributed by atoms with E-state index in [1.807, 2.05) is 54.6 Å². The highest BCUT2D eigenvalue weighted by Crippen LogP contribution is 2.12. The standard InChI is InChI=1S/C18H21NO3/c1-21-16-11-9-15(10-12-16)6-5-13-19-18(20)14-22-17-7-3-2-4-8-17/h2-4,7-12H,5-6,13-14H2,1H3,(H,19,20). The van der Waals surface area contributed by atoms with Crippen molar-refractivity contribution < 1.29 is 14.3 Å². The van der Waals surface area contributed by atoms with E-state index in [1.165, 1.54) is 5.56 Å². The molecule has 0 fully saturated rings. The molecule has 0 aliphatic rings. The van der Waals surface area contributed by atoms with Gasteiger partial charge in [-0.2, -0.15) is 0 Å². The third-order valence-corrected chi connectivity index (χ3v) is 3.24. The molecule has 0 saturated carbocycles. The highest BCUT2D eigenvalue weighted by Gasteiger charge is 2.02. The van der Waals surface area contributed by atoms with Crippen LogP contribution < -0.4 is 14.8 Å². The van der Waals surface area contributed by atoms with Crippen molar-refractivity contribution in [3.63, 3.8) is 0 Å². The van der Waals surface area contributed by atoms with Crippen molar-refractivity contribution in [3.05, 3.63) is 60.2 Å². The summed E-state index contributed by atoms with van der Waals surface area (Å²) in [6, 6.07) is 17.3. The summed E-state index contributed by atoms with van der Waals surface area (Å²) in [5.74, 6) is 1.46. The lowest BCUT2D eigenvalue weighted by atomic mass is 10.1. The summed E-state index contributed by atoms with van der Waals surface area (Å²) >= 11 is 0. The minimum atomic E-state index is -0.0985. The van der Waals surface area contributed by atoms with Crippen LogP contribution in [0.4, 0.5) is 0 Å². The number of nitrogens with one attached hydrogen (secondary N) is 1. The molecular formula is C18H21NO3. The molecule has 116 valence electrons. The van der Waals surface area contributed by atoms with E-state index in [0.29, 0.717) is 12.3 Å². The van der Waals surface area contributed by atoms with Gasteiger partial charge in [-0.3, -0.25) is 4.79 Å². The molecule has 0 aliphatic carbocycles. The second-order valence-corrected chi connectivity index (χ2v) is 4.90. The maximum absolute atomic E-state index is 11.7. The Morgan fingerprint density at radius 2 is 1.73 bits per heavy atom. The van der Waals surface area contributed by atoms with Crippen molar-refractivity contribution in [2.45, 2.75) is 12.8 Å². The van der Waals surface area contributed by atoms with Gasteiger partial charge in [0.25, 0.3) is 5.91 Å². The number of hydrogen-bond acceptors (Lipinski definition) is 3.